The maximum absolute atomic E-state index is 10.6. The minimum absolute atomic E-state index is 0.372. The van der Waals surface area contributed by atoms with E-state index >= 15 is 0 Å². The van der Waals surface area contributed by atoms with Crippen LogP contribution < -0.4 is 22.9 Å². The van der Waals surface area contributed by atoms with E-state index in [0.29, 0.717) is 23.7 Å². The minimum Gasteiger partial charge on any atom is -0.383 e. The summed E-state index contributed by atoms with van der Waals surface area (Å²) in [5.41, 5.74) is 37.5. The minimum atomic E-state index is -0.372. The van der Waals surface area contributed by atoms with Crippen molar-refractivity contribution in [1.82, 2.24) is 39.9 Å². The van der Waals surface area contributed by atoms with Crippen LogP contribution in [0, 0.1) is 55.4 Å². The lowest BCUT2D eigenvalue weighted by Gasteiger charge is -1.95. The molecule has 9 heterocycles. The molecule has 3 aromatic carbocycles. The van der Waals surface area contributed by atoms with Gasteiger partial charge in [0.1, 0.15) is 11.6 Å². The number of H-pyrrole nitrogens is 4. The fraction of sp³-hybridized carbons (Fsp3) is 0.155. The molecule has 0 saturated carbocycles. The number of carbonyl (C=O) groups is 1. The first-order chi connectivity index (χ1) is 34.5. The van der Waals surface area contributed by atoms with E-state index in [1.807, 2.05) is 101 Å². The Morgan fingerprint density at radius 3 is 1.76 bits per heavy atom. The van der Waals surface area contributed by atoms with Crippen LogP contribution in [0.2, 0.25) is 0 Å². The van der Waals surface area contributed by atoms with Gasteiger partial charge in [0, 0.05) is 103 Å². The van der Waals surface area contributed by atoms with Crippen LogP contribution in [0.1, 0.15) is 60.3 Å². The number of pyridine rings is 4. The summed E-state index contributed by atoms with van der Waals surface area (Å²) in [4.78, 5) is 40.9. The zero-order valence-corrected chi connectivity index (χ0v) is 42.9. The van der Waals surface area contributed by atoms with E-state index in [1.165, 1.54) is 53.9 Å². The van der Waals surface area contributed by atoms with E-state index in [2.05, 4.69) is 116 Å². The van der Waals surface area contributed by atoms with Gasteiger partial charge in [0.15, 0.2) is 0 Å². The molecule has 0 aliphatic heterocycles. The summed E-state index contributed by atoms with van der Waals surface area (Å²) in [5.74, 6) is 0.849. The van der Waals surface area contributed by atoms with Gasteiger partial charge in [-0.15, -0.1) is 11.3 Å². The predicted octanol–water partition coefficient (Wildman–Crippen LogP) is 12.7. The third-order valence-electron chi connectivity index (χ3n) is 10.9. The molecule has 0 atom stereocenters. The first-order valence-corrected chi connectivity index (χ1v) is 24.1. The van der Waals surface area contributed by atoms with Gasteiger partial charge in [-0.2, -0.15) is 0 Å². The first-order valence-electron chi connectivity index (χ1n) is 23.3. The van der Waals surface area contributed by atoms with E-state index in [-0.39, 0.29) is 5.91 Å². The molecule has 9 aromatic heterocycles. The molecule has 1 amide bonds. The number of thiophene rings is 1. The Balaban J connectivity index is 0.000000137. The number of amides is 1. The monoisotopic (exact) mass is 977 g/mol. The number of nitrogens with one attached hydrogen (secondary N) is 4. The molecule has 368 valence electrons. The maximum Gasteiger partial charge on any atom is 0.248 e. The van der Waals surface area contributed by atoms with Gasteiger partial charge < -0.3 is 42.9 Å². The number of nitrogen functional groups attached to an aromatic ring is 2. The average Bonchev–Trinajstić information content (AvgIpc) is 4.19. The zero-order valence-electron chi connectivity index (χ0n) is 42.1. The summed E-state index contributed by atoms with van der Waals surface area (Å²) in [6, 6.07) is 42.1. The van der Waals surface area contributed by atoms with Crippen molar-refractivity contribution < 1.29 is 4.79 Å². The third-order valence-corrected chi connectivity index (χ3v) is 11.9. The number of nitrogens with two attached hydrogens (primary N) is 4. The first kappa shape index (κ1) is 52.8. The summed E-state index contributed by atoms with van der Waals surface area (Å²) >= 11 is 1.75. The molecule has 0 unspecified atom stereocenters. The Labute approximate surface area is 424 Å². The molecule has 0 spiro atoms. The van der Waals surface area contributed by atoms with E-state index in [4.69, 9.17) is 22.9 Å². The van der Waals surface area contributed by atoms with E-state index in [1.54, 1.807) is 48.3 Å². The van der Waals surface area contributed by atoms with E-state index < -0.39 is 0 Å². The molecule has 12 rings (SSSR count). The lowest BCUT2D eigenvalue weighted by Crippen LogP contribution is -2.10. The Hall–Kier alpha value is -8.59. The van der Waals surface area contributed by atoms with Crippen molar-refractivity contribution in [3.05, 3.63) is 214 Å². The molecule has 0 bridgehead atoms. The molecule has 0 aliphatic carbocycles. The number of primary amides is 1. The number of benzene rings is 3. The summed E-state index contributed by atoms with van der Waals surface area (Å²) < 4.78 is 1.22. The van der Waals surface area contributed by atoms with Crippen molar-refractivity contribution in [3.63, 3.8) is 0 Å². The molecule has 14 heteroatoms. The highest BCUT2D eigenvalue weighted by Gasteiger charge is 2.02. The number of hydrogen-bond acceptors (Lipinski definition) is 9. The quantitative estimate of drug-likeness (QED) is 0.0827. The maximum atomic E-state index is 10.6. The number of aromatic amines is 4. The Bertz CT molecular complexity index is 3440. The molecular formula is C58H64N12OS. The topological polar surface area (TPSA) is 236 Å². The number of nitrogens with zero attached hydrogens (tertiary/aromatic N) is 4. The lowest BCUT2D eigenvalue weighted by atomic mass is 10.1. The lowest BCUT2D eigenvalue weighted by molar-refractivity contribution is 0.1000. The zero-order chi connectivity index (χ0) is 51.7. The van der Waals surface area contributed by atoms with Crippen molar-refractivity contribution in [2.75, 3.05) is 11.5 Å². The summed E-state index contributed by atoms with van der Waals surface area (Å²) in [6.45, 7) is 17.0. The number of rotatable bonds is 2. The van der Waals surface area contributed by atoms with Crippen LogP contribution in [0.3, 0.4) is 0 Å². The third kappa shape index (κ3) is 15.5. The highest BCUT2D eigenvalue weighted by molar-refractivity contribution is 7.19. The molecule has 13 nitrogen and oxygen atoms in total. The van der Waals surface area contributed by atoms with Crippen LogP contribution >= 0.6 is 11.3 Å². The fourth-order valence-electron chi connectivity index (χ4n) is 7.56. The number of hydrogen-bond donors (Lipinski definition) is 8. The van der Waals surface area contributed by atoms with Gasteiger partial charge in [-0.05, 0) is 151 Å². The van der Waals surface area contributed by atoms with Crippen molar-refractivity contribution in [1.29, 1.82) is 0 Å². The standard InChI is InChI=1S/C10H11N.C8H9N3.C8H8N2S.2C8H8N2.C8H9NO.C8H11N/c1-7-3-4-9-6-8(2)11-10(9)5-7;2*1-5-4-6-7(11-5)2-3-10-8(6)9;1-6-4-7-5-9-3-2-8(7)10-6;1-6-5-8-7(10-6)3-2-4-9-8;1-6-3-2-4-7(5-6)8(9)10;1-7-3-2-4-8(5-7)6-9/h3-6,11H,1-2H3;2-4,11H,1H3,(H2,9,10);2-4H,1H3,(H2,9,10);2*2-5,10H,1H3;2-5H,1H3,(H2,9,10);2-5H,6,9H2,1H3. The van der Waals surface area contributed by atoms with Gasteiger partial charge in [0.05, 0.1) is 16.6 Å². The normalized spacial score (nSPS) is 10.3. The fourth-order valence-corrected chi connectivity index (χ4v) is 8.48. The van der Waals surface area contributed by atoms with Crippen LogP contribution in [0.15, 0.2) is 158 Å². The summed E-state index contributed by atoms with van der Waals surface area (Å²) in [5, 5.41) is 4.56. The molecule has 12 aromatic rings. The van der Waals surface area contributed by atoms with Gasteiger partial charge in [-0.3, -0.25) is 14.8 Å². The largest absolute Gasteiger partial charge is 0.383 e. The second-order valence-electron chi connectivity index (χ2n) is 17.3. The van der Waals surface area contributed by atoms with E-state index in [0.717, 1.165) is 49.8 Å². The molecule has 72 heavy (non-hydrogen) atoms. The number of aryl methyl sites for hydroxylation is 8. The Morgan fingerprint density at radius 1 is 0.514 bits per heavy atom. The highest BCUT2D eigenvalue weighted by atomic mass is 32.1. The number of carbonyl (C=O) groups excluding carboxylic acids is 1. The summed E-state index contributed by atoms with van der Waals surface area (Å²) in [6.07, 6.45) is 8.90. The van der Waals surface area contributed by atoms with Crippen LogP contribution in [-0.4, -0.2) is 45.8 Å². The average molecular weight is 977 g/mol. The molecule has 0 radical (unpaired) electrons. The Morgan fingerprint density at radius 2 is 1.12 bits per heavy atom. The van der Waals surface area contributed by atoms with Crippen molar-refractivity contribution in [2.24, 2.45) is 11.5 Å². The second-order valence-corrected chi connectivity index (χ2v) is 18.6. The van der Waals surface area contributed by atoms with Crippen molar-refractivity contribution in [3.8, 4) is 0 Å². The van der Waals surface area contributed by atoms with Gasteiger partial charge >= 0.3 is 0 Å². The van der Waals surface area contributed by atoms with Gasteiger partial charge in [0.25, 0.3) is 0 Å². The van der Waals surface area contributed by atoms with Gasteiger partial charge in [-0.25, -0.2) is 9.97 Å². The van der Waals surface area contributed by atoms with Crippen LogP contribution in [-0.2, 0) is 6.54 Å². The number of aromatic nitrogens is 8. The van der Waals surface area contributed by atoms with Crippen LogP contribution in [0.5, 0.6) is 0 Å². The molecule has 0 saturated heterocycles. The predicted molar refractivity (Wildman–Crippen MR) is 302 cm³/mol. The van der Waals surface area contributed by atoms with Gasteiger partial charge in [-0.1, -0.05) is 59.7 Å². The number of anilines is 2. The summed E-state index contributed by atoms with van der Waals surface area (Å²) in [7, 11) is 0. The van der Waals surface area contributed by atoms with Crippen LogP contribution in [0.25, 0.3) is 53.8 Å². The highest BCUT2D eigenvalue weighted by Crippen LogP contribution is 2.27. The van der Waals surface area contributed by atoms with Crippen molar-refractivity contribution in [2.45, 2.75) is 61.9 Å². The van der Waals surface area contributed by atoms with E-state index in [9.17, 15) is 4.79 Å². The van der Waals surface area contributed by atoms with Gasteiger partial charge in [0.2, 0.25) is 5.91 Å². The molecule has 0 fully saturated rings. The molecule has 12 N–H and O–H groups in total. The second kappa shape index (κ2) is 25.3. The smallest absolute Gasteiger partial charge is 0.248 e. The SMILES string of the molecule is Cc1cc2c(N)nccc2[nH]1.Cc1cc2c(N)nccc2s1.Cc1cc2cnccc2[nH]1.Cc1cc2ncccc2[nH]1.Cc1ccc2cc(C)[nH]c2c1.Cc1cccc(C(N)=O)c1.Cc1cccc(CN)c1. The molecular weight excluding hydrogens is 913 g/mol. The van der Waals surface area contributed by atoms with Crippen molar-refractivity contribution >= 4 is 82.7 Å². The Kier molecular flexibility index (Phi) is 18.6. The molecule has 0 aliphatic rings. The van der Waals surface area contributed by atoms with Crippen LogP contribution in [0.4, 0.5) is 11.6 Å². The number of fused-ring (bicyclic) bond motifs is 5.